The lowest BCUT2D eigenvalue weighted by Gasteiger charge is -2.38. The maximum Gasteiger partial charge on any atom is 0.340 e. The van der Waals surface area contributed by atoms with Crippen molar-refractivity contribution in [3.63, 3.8) is 0 Å². The van der Waals surface area contributed by atoms with E-state index in [1.54, 1.807) is 0 Å². The summed E-state index contributed by atoms with van der Waals surface area (Å²) in [5.74, 6) is 0.731. The summed E-state index contributed by atoms with van der Waals surface area (Å²) in [5.41, 5.74) is 13.5. The Kier molecular flexibility index (Phi) is 6.23. The number of nitrogen functional groups attached to an aromatic ring is 1. The van der Waals surface area contributed by atoms with Gasteiger partial charge in [0.15, 0.2) is 5.60 Å². The van der Waals surface area contributed by atoms with Gasteiger partial charge in [0.2, 0.25) is 0 Å². The molecule has 5 aromatic carbocycles. The highest BCUT2D eigenvalue weighted by atomic mass is 16.6. The van der Waals surface area contributed by atoms with Crippen LogP contribution in [0.1, 0.15) is 63.5 Å². The van der Waals surface area contributed by atoms with Crippen molar-refractivity contribution in [1.29, 1.82) is 0 Å². The molecule has 0 aromatic heterocycles. The number of hydrogen-bond acceptors (Lipinski definition) is 5. The lowest BCUT2D eigenvalue weighted by molar-refractivity contribution is 0.0227. The molecule has 0 saturated heterocycles. The molecule has 2 aliphatic heterocycles. The van der Waals surface area contributed by atoms with Gasteiger partial charge in [0.1, 0.15) is 11.5 Å². The largest absolute Gasteiger partial charge is 0.456 e. The Morgan fingerprint density at radius 3 is 2.05 bits per heavy atom. The highest BCUT2D eigenvalue weighted by Crippen LogP contribution is 2.59. The monoisotopic (exact) mass is 552 g/mol. The molecule has 1 spiro atoms. The maximum atomic E-state index is 13.6. The Morgan fingerprint density at radius 2 is 1.38 bits per heavy atom. The molecule has 0 bridgehead atoms. The van der Waals surface area contributed by atoms with Crippen LogP contribution in [0.4, 0.5) is 11.4 Å². The summed E-state index contributed by atoms with van der Waals surface area (Å²) in [6.07, 6.45) is 0. The second kappa shape index (κ2) is 10.1. The van der Waals surface area contributed by atoms with Crippen LogP contribution < -0.4 is 15.4 Å². The molecule has 208 valence electrons. The first-order valence-electron chi connectivity index (χ1n) is 14.5. The van der Waals surface area contributed by atoms with E-state index >= 15 is 0 Å². The number of nitrogens with zero attached hydrogens (tertiary/aromatic N) is 1. The fourth-order valence-electron chi connectivity index (χ4n) is 6.68. The molecule has 5 heteroatoms. The van der Waals surface area contributed by atoms with E-state index in [4.69, 9.17) is 15.2 Å². The molecule has 0 radical (unpaired) electrons. The van der Waals surface area contributed by atoms with Crippen molar-refractivity contribution < 1.29 is 14.3 Å². The number of esters is 1. The van der Waals surface area contributed by atoms with Gasteiger partial charge in [-0.05, 0) is 60.9 Å². The average Bonchev–Trinajstić information content (AvgIpc) is 3.31. The van der Waals surface area contributed by atoms with Crippen molar-refractivity contribution in [2.24, 2.45) is 0 Å². The van der Waals surface area contributed by atoms with Crippen LogP contribution in [0.3, 0.4) is 0 Å². The lowest BCUT2D eigenvalue weighted by Crippen LogP contribution is -2.34. The molecule has 1 atom stereocenters. The second-order valence-corrected chi connectivity index (χ2v) is 10.8. The van der Waals surface area contributed by atoms with Crippen molar-refractivity contribution in [3.05, 3.63) is 154 Å². The average molecular weight is 553 g/mol. The van der Waals surface area contributed by atoms with Crippen LogP contribution in [-0.2, 0) is 10.3 Å². The highest BCUT2D eigenvalue weighted by Gasteiger charge is 2.55. The SMILES string of the molecule is CCN(CC)c1ccc2c(c1)C1(OC2=O)c2ccccc2Oc2ccc(C(c3ccccc3)c3ccccc3)c(N)c21. The quantitative estimate of drug-likeness (QED) is 0.132. The fraction of sp³-hybridized carbons (Fsp3) is 0.162. The highest BCUT2D eigenvalue weighted by molar-refractivity contribution is 5.98. The van der Waals surface area contributed by atoms with Gasteiger partial charge in [0, 0.05) is 41.5 Å². The van der Waals surface area contributed by atoms with Crippen LogP contribution >= 0.6 is 0 Å². The van der Waals surface area contributed by atoms with Crippen molar-refractivity contribution in [1.82, 2.24) is 0 Å². The number of fused-ring (bicyclic) bond motifs is 6. The van der Waals surface area contributed by atoms with Gasteiger partial charge in [0.05, 0.1) is 11.1 Å². The van der Waals surface area contributed by atoms with E-state index in [0.29, 0.717) is 28.3 Å². The van der Waals surface area contributed by atoms with Gasteiger partial charge in [-0.1, -0.05) is 84.9 Å². The molecule has 2 N–H and O–H groups in total. The smallest absolute Gasteiger partial charge is 0.340 e. The van der Waals surface area contributed by atoms with Crippen molar-refractivity contribution in [2.75, 3.05) is 23.7 Å². The first-order chi connectivity index (χ1) is 20.6. The molecule has 5 nitrogen and oxygen atoms in total. The van der Waals surface area contributed by atoms with E-state index in [2.05, 4.69) is 49.1 Å². The normalized spacial score (nSPS) is 16.4. The second-order valence-electron chi connectivity index (χ2n) is 10.8. The predicted octanol–water partition coefficient (Wildman–Crippen LogP) is 7.86. The zero-order valence-corrected chi connectivity index (χ0v) is 23.7. The van der Waals surface area contributed by atoms with Crippen LogP contribution in [-0.4, -0.2) is 19.1 Å². The van der Waals surface area contributed by atoms with Crippen LogP contribution in [0.5, 0.6) is 11.5 Å². The Bertz CT molecular complexity index is 1760. The first kappa shape index (κ1) is 25.9. The van der Waals surface area contributed by atoms with E-state index < -0.39 is 5.60 Å². The van der Waals surface area contributed by atoms with Crippen LogP contribution in [0.15, 0.2) is 115 Å². The molecule has 7 rings (SSSR count). The number of rotatable bonds is 6. The third-order valence-corrected chi connectivity index (χ3v) is 8.63. The fourth-order valence-corrected chi connectivity index (χ4v) is 6.68. The lowest BCUT2D eigenvalue weighted by atomic mass is 9.74. The van der Waals surface area contributed by atoms with Crippen LogP contribution in [0, 0.1) is 0 Å². The van der Waals surface area contributed by atoms with Gasteiger partial charge in [-0.25, -0.2) is 4.79 Å². The van der Waals surface area contributed by atoms with Crippen LogP contribution in [0.2, 0.25) is 0 Å². The zero-order valence-electron chi connectivity index (χ0n) is 23.7. The molecule has 0 saturated carbocycles. The number of nitrogens with two attached hydrogens (primary N) is 1. The molecule has 0 aliphatic carbocycles. The minimum absolute atomic E-state index is 0.134. The number of carbonyl (C=O) groups excluding carboxylic acids is 1. The molecule has 5 aromatic rings. The van der Waals surface area contributed by atoms with Crippen molar-refractivity contribution >= 4 is 17.3 Å². The summed E-state index contributed by atoms with van der Waals surface area (Å²) in [6, 6.07) is 38.5. The van der Waals surface area contributed by atoms with E-state index in [0.717, 1.165) is 46.6 Å². The van der Waals surface area contributed by atoms with Gasteiger partial charge in [-0.3, -0.25) is 0 Å². The Hall–Kier alpha value is -5.03. The summed E-state index contributed by atoms with van der Waals surface area (Å²) >= 11 is 0. The van der Waals surface area contributed by atoms with Gasteiger partial charge in [-0.2, -0.15) is 0 Å². The first-order valence-corrected chi connectivity index (χ1v) is 14.5. The third-order valence-electron chi connectivity index (χ3n) is 8.63. The molecule has 1 unspecified atom stereocenters. The summed E-state index contributed by atoms with van der Waals surface area (Å²) in [7, 11) is 0. The Morgan fingerprint density at radius 1 is 0.738 bits per heavy atom. The minimum atomic E-state index is -1.25. The van der Waals surface area contributed by atoms with Crippen molar-refractivity contribution in [2.45, 2.75) is 25.4 Å². The van der Waals surface area contributed by atoms with Gasteiger partial charge < -0.3 is 20.1 Å². The van der Waals surface area contributed by atoms with Gasteiger partial charge >= 0.3 is 5.97 Å². The van der Waals surface area contributed by atoms with Gasteiger partial charge in [0.25, 0.3) is 0 Å². The number of carbonyl (C=O) groups is 1. The van der Waals surface area contributed by atoms with E-state index in [1.165, 1.54) is 0 Å². The van der Waals surface area contributed by atoms with E-state index in [9.17, 15) is 4.79 Å². The number of anilines is 2. The number of benzene rings is 5. The topological polar surface area (TPSA) is 64.8 Å². The van der Waals surface area contributed by atoms with Crippen LogP contribution in [0.25, 0.3) is 0 Å². The summed E-state index contributed by atoms with van der Waals surface area (Å²) < 4.78 is 13.0. The predicted molar refractivity (Wildman–Crippen MR) is 166 cm³/mol. The zero-order chi connectivity index (χ0) is 28.8. The number of para-hydroxylation sites is 1. The molecular weight excluding hydrogens is 520 g/mol. The molecule has 2 heterocycles. The number of hydrogen-bond donors (Lipinski definition) is 1. The summed E-state index contributed by atoms with van der Waals surface area (Å²) in [5, 5.41) is 0. The molecule has 2 aliphatic rings. The molecule has 42 heavy (non-hydrogen) atoms. The molecular formula is C37H32N2O3. The van der Waals surface area contributed by atoms with E-state index in [-0.39, 0.29) is 11.9 Å². The summed E-state index contributed by atoms with van der Waals surface area (Å²) in [4.78, 5) is 15.9. The third kappa shape index (κ3) is 3.81. The Balaban J connectivity index is 1.53. The summed E-state index contributed by atoms with van der Waals surface area (Å²) in [6.45, 7) is 5.94. The van der Waals surface area contributed by atoms with Crippen molar-refractivity contribution in [3.8, 4) is 11.5 Å². The maximum absolute atomic E-state index is 13.6. The molecule has 0 fully saturated rings. The minimum Gasteiger partial charge on any atom is -0.456 e. The van der Waals surface area contributed by atoms with E-state index in [1.807, 2.05) is 84.9 Å². The number of ether oxygens (including phenoxy) is 2. The molecule has 0 amide bonds. The van der Waals surface area contributed by atoms with Gasteiger partial charge in [-0.15, -0.1) is 0 Å². The Labute approximate surface area is 246 Å². The standard InChI is InChI=1S/C37H32N2O3/c1-3-39(4-2)26-19-20-27-30(23-26)37(42-36(27)40)29-17-11-12-18-31(29)41-32-22-21-28(35(38)34(32)37)33(24-13-7-5-8-14-24)25-15-9-6-10-16-25/h5-23,33H,3-4,38H2,1-2H3.